The van der Waals surface area contributed by atoms with E-state index in [4.69, 9.17) is 0 Å². The van der Waals surface area contributed by atoms with E-state index < -0.39 is 17.8 Å². The molecule has 0 fully saturated rings. The highest BCUT2D eigenvalue weighted by molar-refractivity contribution is 6.39. The molecule has 0 spiro atoms. The van der Waals surface area contributed by atoms with Crippen molar-refractivity contribution in [2.75, 3.05) is 25.5 Å². The maximum absolute atomic E-state index is 12.2. The maximum Gasteiger partial charge on any atom is 0.339 e. The van der Waals surface area contributed by atoms with Crippen LogP contribution in [0.3, 0.4) is 0 Å². The minimum atomic E-state index is -0.752. The summed E-state index contributed by atoms with van der Waals surface area (Å²) < 4.78 is 4.66. The summed E-state index contributed by atoms with van der Waals surface area (Å²) in [6, 6.07) is 6.41. The molecular weight excluding hydrogens is 284 g/mol. The second-order valence-electron chi connectivity index (χ2n) is 4.78. The van der Waals surface area contributed by atoms with E-state index in [0.717, 1.165) is 12.8 Å². The molecule has 0 saturated carbocycles. The van der Waals surface area contributed by atoms with E-state index in [9.17, 15) is 14.4 Å². The summed E-state index contributed by atoms with van der Waals surface area (Å²) in [6.45, 7) is 4.94. The van der Waals surface area contributed by atoms with Gasteiger partial charge < -0.3 is 15.0 Å². The van der Waals surface area contributed by atoms with E-state index in [1.807, 2.05) is 13.8 Å². The Morgan fingerprint density at radius 1 is 1.09 bits per heavy atom. The number of hydrogen-bond acceptors (Lipinski definition) is 4. The largest absolute Gasteiger partial charge is 0.465 e. The standard InChI is InChI=1S/C16H22N2O4/c1-4-10-18(11-5-2)15(20)14(19)17-13-9-7-6-8-12(13)16(21)22-3/h6-9H,4-5,10-11H2,1-3H3,(H,17,19). The highest BCUT2D eigenvalue weighted by Crippen LogP contribution is 2.16. The molecule has 0 radical (unpaired) electrons. The van der Waals surface area contributed by atoms with Gasteiger partial charge in [-0.3, -0.25) is 9.59 Å². The number of esters is 1. The molecule has 6 nitrogen and oxygen atoms in total. The summed E-state index contributed by atoms with van der Waals surface area (Å²) in [4.78, 5) is 37.5. The molecule has 2 amide bonds. The van der Waals surface area contributed by atoms with Crippen molar-refractivity contribution in [1.82, 2.24) is 4.90 Å². The van der Waals surface area contributed by atoms with Gasteiger partial charge >= 0.3 is 17.8 Å². The minimum Gasteiger partial charge on any atom is -0.465 e. The molecule has 0 bridgehead atoms. The Bertz CT molecular complexity index is 537. The fourth-order valence-electron chi connectivity index (χ4n) is 2.05. The number of carbonyl (C=O) groups excluding carboxylic acids is 3. The van der Waals surface area contributed by atoms with Gasteiger partial charge in [-0.15, -0.1) is 0 Å². The van der Waals surface area contributed by atoms with Crippen molar-refractivity contribution in [3.63, 3.8) is 0 Å². The number of anilines is 1. The molecule has 1 N–H and O–H groups in total. The van der Waals surface area contributed by atoms with Gasteiger partial charge in [0.1, 0.15) is 0 Å². The van der Waals surface area contributed by atoms with Gasteiger partial charge in [0.05, 0.1) is 18.4 Å². The molecular formula is C16H22N2O4. The van der Waals surface area contributed by atoms with Gasteiger partial charge in [-0.05, 0) is 25.0 Å². The Labute approximate surface area is 130 Å². The average molecular weight is 306 g/mol. The number of rotatable bonds is 6. The number of hydrogen-bond donors (Lipinski definition) is 1. The van der Waals surface area contributed by atoms with Gasteiger partial charge in [-0.2, -0.15) is 0 Å². The van der Waals surface area contributed by atoms with Gasteiger partial charge in [0.2, 0.25) is 0 Å². The number of nitrogens with zero attached hydrogens (tertiary/aromatic N) is 1. The summed E-state index contributed by atoms with van der Waals surface area (Å²) in [5.41, 5.74) is 0.476. The van der Waals surface area contributed by atoms with Gasteiger partial charge in [0, 0.05) is 13.1 Å². The van der Waals surface area contributed by atoms with E-state index in [1.165, 1.54) is 18.1 Å². The van der Waals surface area contributed by atoms with Gasteiger partial charge in [-0.25, -0.2) is 4.79 Å². The SMILES string of the molecule is CCCN(CCC)C(=O)C(=O)Nc1ccccc1C(=O)OC. The molecule has 0 aromatic heterocycles. The fourth-order valence-corrected chi connectivity index (χ4v) is 2.05. The van der Waals surface area contributed by atoms with Crippen molar-refractivity contribution in [3.05, 3.63) is 29.8 Å². The summed E-state index contributed by atoms with van der Waals surface area (Å²) in [6.07, 6.45) is 1.55. The van der Waals surface area contributed by atoms with Crippen molar-refractivity contribution in [3.8, 4) is 0 Å². The normalized spacial score (nSPS) is 9.95. The maximum atomic E-state index is 12.2. The summed E-state index contributed by atoms with van der Waals surface area (Å²) >= 11 is 0. The lowest BCUT2D eigenvalue weighted by Gasteiger charge is -2.20. The highest BCUT2D eigenvalue weighted by atomic mass is 16.5. The lowest BCUT2D eigenvalue weighted by Crippen LogP contribution is -2.40. The van der Waals surface area contributed by atoms with Crippen LogP contribution in [0.1, 0.15) is 37.0 Å². The average Bonchev–Trinajstić information content (AvgIpc) is 2.53. The Morgan fingerprint density at radius 3 is 2.23 bits per heavy atom. The second-order valence-corrected chi connectivity index (χ2v) is 4.78. The predicted molar refractivity (Wildman–Crippen MR) is 83.6 cm³/mol. The Morgan fingerprint density at radius 2 is 1.68 bits per heavy atom. The van der Waals surface area contributed by atoms with Gasteiger partial charge in [-0.1, -0.05) is 26.0 Å². The Balaban J connectivity index is 2.88. The third-order valence-corrected chi connectivity index (χ3v) is 3.05. The molecule has 22 heavy (non-hydrogen) atoms. The molecule has 1 aromatic carbocycles. The number of ether oxygens (including phenoxy) is 1. The molecule has 0 heterocycles. The quantitative estimate of drug-likeness (QED) is 0.645. The lowest BCUT2D eigenvalue weighted by molar-refractivity contribution is -0.143. The van der Waals surface area contributed by atoms with Crippen LogP contribution in [0.15, 0.2) is 24.3 Å². The molecule has 6 heteroatoms. The van der Waals surface area contributed by atoms with Crippen LogP contribution in [0.5, 0.6) is 0 Å². The molecule has 0 aliphatic carbocycles. The minimum absolute atomic E-state index is 0.212. The van der Waals surface area contributed by atoms with Gasteiger partial charge in [0.15, 0.2) is 0 Å². The van der Waals surface area contributed by atoms with Crippen LogP contribution in [-0.2, 0) is 14.3 Å². The molecule has 0 aliphatic rings. The van der Waals surface area contributed by atoms with Crippen LogP contribution in [0.2, 0.25) is 0 Å². The van der Waals surface area contributed by atoms with Crippen LogP contribution in [-0.4, -0.2) is 42.9 Å². The molecule has 0 saturated heterocycles. The number of methoxy groups -OCH3 is 1. The first-order valence-electron chi connectivity index (χ1n) is 7.32. The first-order valence-corrected chi connectivity index (χ1v) is 7.32. The third-order valence-electron chi connectivity index (χ3n) is 3.05. The summed E-state index contributed by atoms with van der Waals surface area (Å²) in [7, 11) is 1.26. The number of para-hydroxylation sites is 1. The van der Waals surface area contributed by atoms with Gasteiger partial charge in [0.25, 0.3) is 0 Å². The summed E-state index contributed by atoms with van der Waals surface area (Å²) in [5.74, 6) is -1.91. The molecule has 0 aliphatic heterocycles. The van der Waals surface area contributed by atoms with E-state index in [0.29, 0.717) is 13.1 Å². The zero-order valence-electron chi connectivity index (χ0n) is 13.2. The van der Waals surface area contributed by atoms with Crippen molar-refractivity contribution < 1.29 is 19.1 Å². The Kier molecular flexibility index (Phi) is 7.08. The van der Waals surface area contributed by atoms with E-state index >= 15 is 0 Å². The van der Waals surface area contributed by atoms with E-state index in [1.54, 1.807) is 18.2 Å². The number of benzene rings is 1. The van der Waals surface area contributed by atoms with Crippen molar-refractivity contribution in [2.45, 2.75) is 26.7 Å². The number of amides is 2. The van der Waals surface area contributed by atoms with Crippen molar-refractivity contribution in [1.29, 1.82) is 0 Å². The smallest absolute Gasteiger partial charge is 0.339 e. The molecule has 0 atom stereocenters. The van der Waals surface area contributed by atoms with Crippen LogP contribution in [0, 0.1) is 0 Å². The Hall–Kier alpha value is -2.37. The topological polar surface area (TPSA) is 75.7 Å². The zero-order chi connectivity index (χ0) is 16.5. The molecule has 1 aromatic rings. The van der Waals surface area contributed by atoms with Crippen molar-refractivity contribution >= 4 is 23.5 Å². The van der Waals surface area contributed by atoms with Crippen LogP contribution < -0.4 is 5.32 Å². The number of carbonyl (C=O) groups is 3. The highest BCUT2D eigenvalue weighted by Gasteiger charge is 2.22. The molecule has 0 unspecified atom stereocenters. The van der Waals surface area contributed by atoms with Crippen molar-refractivity contribution in [2.24, 2.45) is 0 Å². The first-order chi connectivity index (χ1) is 10.5. The van der Waals surface area contributed by atoms with Crippen LogP contribution in [0.4, 0.5) is 5.69 Å². The van der Waals surface area contributed by atoms with E-state index in [-0.39, 0.29) is 11.3 Å². The first kappa shape index (κ1) is 17.7. The van der Waals surface area contributed by atoms with E-state index in [2.05, 4.69) is 10.1 Å². The predicted octanol–water partition coefficient (Wildman–Crippen LogP) is 2.06. The number of nitrogens with one attached hydrogen (secondary N) is 1. The second kappa shape index (κ2) is 8.81. The fraction of sp³-hybridized carbons (Fsp3) is 0.438. The molecule has 1 rings (SSSR count). The monoisotopic (exact) mass is 306 g/mol. The third kappa shape index (κ3) is 4.58. The van der Waals surface area contributed by atoms with Crippen LogP contribution in [0.25, 0.3) is 0 Å². The van der Waals surface area contributed by atoms with Crippen LogP contribution >= 0.6 is 0 Å². The lowest BCUT2D eigenvalue weighted by atomic mass is 10.2. The zero-order valence-corrected chi connectivity index (χ0v) is 13.2. The summed E-state index contributed by atoms with van der Waals surface area (Å²) in [5, 5.41) is 2.49. The molecule has 120 valence electrons.